The van der Waals surface area contributed by atoms with E-state index in [0.29, 0.717) is 0 Å². The molecule has 0 aromatic rings. The lowest BCUT2D eigenvalue weighted by Gasteiger charge is -1.93. The van der Waals surface area contributed by atoms with Crippen LogP contribution in [0.5, 0.6) is 0 Å². The third-order valence-electron chi connectivity index (χ3n) is 0.399. The summed E-state index contributed by atoms with van der Waals surface area (Å²) in [7, 11) is 0. The summed E-state index contributed by atoms with van der Waals surface area (Å²) in [6, 6.07) is 0. The van der Waals surface area contributed by atoms with Gasteiger partial charge >= 0.3 is 0 Å². The van der Waals surface area contributed by atoms with Gasteiger partial charge in [0, 0.05) is 0 Å². The lowest BCUT2D eigenvalue weighted by Crippen LogP contribution is -2.26. The molecule has 2 amide bonds. The topological polar surface area (TPSA) is 46.2 Å². The van der Waals surface area contributed by atoms with Crippen LogP contribution in [-0.4, -0.2) is 17.2 Å². The Labute approximate surface area is 55.9 Å². The molecule has 0 aliphatic carbocycles. The monoisotopic (exact) mass is 155 g/mol. The van der Waals surface area contributed by atoms with Crippen LogP contribution < -0.4 is 5.32 Å². The number of imide groups is 1. The van der Waals surface area contributed by atoms with Crippen molar-refractivity contribution < 1.29 is 9.59 Å². The van der Waals surface area contributed by atoms with E-state index < -0.39 is 10.7 Å². The van der Waals surface area contributed by atoms with Gasteiger partial charge < -0.3 is 0 Å². The van der Waals surface area contributed by atoms with Crippen molar-refractivity contribution in [2.24, 2.45) is 0 Å². The molecular formula is C3H3Cl2NO2. The van der Waals surface area contributed by atoms with Crippen molar-refractivity contribution in [1.82, 2.24) is 5.32 Å². The Balaban J connectivity index is 3.48. The zero-order chi connectivity index (χ0) is 6.57. The second-order valence-electron chi connectivity index (χ2n) is 0.927. The molecule has 0 bridgehead atoms. The van der Waals surface area contributed by atoms with Crippen LogP contribution in [0, 0.1) is 0 Å². The highest BCUT2D eigenvalue weighted by atomic mass is 35.5. The zero-order valence-corrected chi connectivity index (χ0v) is 5.24. The fourth-order valence-corrected chi connectivity index (χ4v) is 0.247. The lowest BCUT2D eigenvalue weighted by molar-refractivity contribution is -0.123. The number of hydrogen-bond donors (Lipinski definition) is 1. The van der Waals surface area contributed by atoms with Crippen LogP contribution in [-0.2, 0) is 9.59 Å². The number of hydrogen-bond acceptors (Lipinski definition) is 2. The van der Waals surface area contributed by atoms with E-state index >= 15 is 0 Å². The van der Waals surface area contributed by atoms with Gasteiger partial charge in [0.1, 0.15) is 0 Å². The maximum atomic E-state index is 10.1. The smallest absolute Gasteiger partial charge is 0.259 e. The Morgan fingerprint density at radius 1 is 1.62 bits per heavy atom. The second-order valence-corrected chi connectivity index (χ2v) is 2.02. The largest absolute Gasteiger partial charge is 0.297 e. The fourth-order valence-electron chi connectivity index (χ4n) is 0.121. The lowest BCUT2D eigenvalue weighted by atomic mass is 10.7. The molecule has 0 saturated carbocycles. The standard InChI is InChI=1S/C3H3Cl2NO2/c4-2(5)3(8)6-1-7/h1-2H,(H,6,7,8). The summed E-state index contributed by atoms with van der Waals surface area (Å²) < 4.78 is 0. The molecule has 0 aromatic heterocycles. The van der Waals surface area contributed by atoms with E-state index in [9.17, 15) is 9.59 Å². The summed E-state index contributed by atoms with van der Waals surface area (Å²) in [5.41, 5.74) is 0. The molecule has 0 unspecified atom stereocenters. The van der Waals surface area contributed by atoms with Crippen molar-refractivity contribution in [2.75, 3.05) is 0 Å². The van der Waals surface area contributed by atoms with Gasteiger partial charge in [-0.25, -0.2) is 0 Å². The first-order chi connectivity index (χ1) is 3.68. The van der Waals surface area contributed by atoms with Crippen molar-refractivity contribution in [1.29, 1.82) is 0 Å². The highest BCUT2D eigenvalue weighted by Crippen LogP contribution is 1.98. The van der Waals surface area contributed by atoms with Crippen LogP contribution in [0.3, 0.4) is 0 Å². The molecule has 0 radical (unpaired) electrons. The number of carbonyl (C=O) groups is 2. The quantitative estimate of drug-likeness (QED) is 0.453. The Bertz CT molecular complexity index is 103. The van der Waals surface area contributed by atoms with E-state index in [1.807, 2.05) is 0 Å². The van der Waals surface area contributed by atoms with Gasteiger partial charge in [0.05, 0.1) is 0 Å². The van der Waals surface area contributed by atoms with E-state index in [1.54, 1.807) is 5.32 Å². The van der Waals surface area contributed by atoms with Gasteiger partial charge in [0.25, 0.3) is 5.91 Å². The van der Waals surface area contributed by atoms with Gasteiger partial charge in [-0.05, 0) is 0 Å². The van der Waals surface area contributed by atoms with Gasteiger partial charge in [-0.3, -0.25) is 14.9 Å². The van der Waals surface area contributed by atoms with Crippen LogP contribution in [0.2, 0.25) is 0 Å². The Hall–Kier alpha value is -0.280. The van der Waals surface area contributed by atoms with Gasteiger partial charge in [0.2, 0.25) is 6.41 Å². The summed E-state index contributed by atoms with van der Waals surface area (Å²) >= 11 is 10.0. The average Bonchev–Trinajstić information content (AvgIpc) is 1.67. The van der Waals surface area contributed by atoms with Gasteiger partial charge in [-0.2, -0.15) is 0 Å². The predicted octanol–water partition coefficient (Wildman–Crippen LogP) is 0.0627. The average molecular weight is 156 g/mol. The first kappa shape index (κ1) is 7.72. The molecule has 0 atom stereocenters. The molecule has 5 heteroatoms. The van der Waals surface area contributed by atoms with E-state index in [-0.39, 0.29) is 6.41 Å². The van der Waals surface area contributed by atoms with Crippen LogP contribution in [0.1, 0.15) is 0 Å². The molecule has 1 N–H and O–H groups in total. The Morgan fingerprint density at radius 2 is 2.12 bits per heavy atom. The fraction of sp³-hybridized carbons (Fsp3) is 0.333. The summed E-state index contributed by atoms with van der Waals surface area (Å²) in [5, 5.41) is 1.76. The minimum atomic E-state index is -1.17. The summed E-state index contributed by atoms with van der Waals surface area (Å²) in [6.45, 7) is 0. The number of halogens is 2. The van der Waals surface area contributed by atoms with E-state index in [0.717, 1.165) is 0 Å². The van der Waals surface area contributed by atoms with Gasteiger partial charge in [-0.15, -0.1) is 0 Å². The maximum Gasteiger partial charge on any atom is 0.259 e. The molecule has 0 aromatic carbocycles. The molecule has 0 rings (SSSR count). The Kier molecular flexibility index (Phi) is 3.56. The third kappa shape index (κ3) is 2.82. The van der Waals surface area contributed by atoms with E-state index in [4.69, 9.17) is 23.2 Å². The first-order valence-corrected chi connectivity index (χ1v) is 2.58. The number of alkyl halides is 2. The number of rotatable bonds is 2. The SMILES string of the molecule is O=CNC(=O)C(Cl)Cl. The van der Waals surface area contributed by atoms with E-state index in [2.05, 4.69) is 0 Å². The molecule has 0 fully saturated rings. The van der Waals surface area contributed by atoms with Crippen molar-refractivity contribution in [3.63, 3.8) is 0 Å². The van der Waals surface area contributed by atoms with Gasteiger partial charge in [-0.1, -0.05) is 23.2 Å². The molecule has 0 aliphatic heterocycles. The highest BCUT2D eigenvalue weighted by molar-refractivity contribution is 6.53. The zero-order valence-electron chi connectivity index (χ0n) is 3.73. The van der Waals surface area contributed by atoms with Crippen molar-refractivity contribution >= 4 is 35.5 Å². The number of nitrogens with one attached hydrogen (secondary N) is 1. The second kappa shape index (κ2) is 3.69. The van der Waals surface area contributed by atoms with Crippen molar-refractivity contribution in [3.8, 4) is 0 Å². The van der Waals surface area contributed by atoms with Crippen molar-refractivity contribution in [3.05, 3.63) is 0 Å². The number of amides is 2. The summed E-state index contributed by atoms with van der Waals surface area (Å²) in [4.78, 5) is 18.4. The molecular weight excluding hydrogens is 153 g/mol. The summed E-state index contributed by atoms with van der Waals surface area (Å²) in [5.74, 6) is -0.705. The third-order valence-corrected chi connectivity index (χ3v) is 0.796. The molecule has 46 valence electrons. The van der Waals surface area contributed by atoms with Crippen molar-refractivity contribution in [2.45, 2.75) is 4.84 Å². The normalized spacial score (nSPS) is 8.88. The molecule has 0 spiro atoms. The molecule has 8 heavy (non-hydrogen) atoms. The minimum absolute atomic E-state index is 0.222. The van der Waals surface area contributed by atoms with Gasteiger partial charge in [0.15, 0.2) is 4.84 Å². The number of carbonyl (C=O) groups excluding carboxylic acids is 2. The van der Waals surface area contributed by atoms with E-state index in [1.165, 1.54) is 0 Å². The molecule has 3 nitrogen and oxygen atoms in total. The maximum absolute atomic E-state index is 10.1. The highest BCUT2D eigenvalue weighted by Gasteiger charge is 2.08. The predicted molar refractivity (Wildman–Crippen MR) is 29.7 cm³/mol. The van der Waals surface area contributed by atoms with Crippen LogP contribution in [0.25, 0.3) is 0 Å². The van der Waals surface area contributed by atoms with Crippen LogP contribution in [0.15, 0.2) is 0 Å². The summed E-state index contributed by atoms with van der Waals surface area (Å²) in [6.07, 6.45) is 0.222. The molecule has 0 heterocycles. The molecule has 0 saturated heterocycles. The minimum Gasteiger partial charge on any atom is -0.297 e. The van der Waals surface area contributed by atoms with Crippen LogP contribution in [0.4, 0.5) is 0 Å². The van der Waals surface area contributed by atoms with Crippen LogP contribution >= 0.6 is 23.2 Å². The first-order valence-electron chi connectivity index (χ1n) is 1.70. The Morgan fingerprint density at radius 3 is 2.25 bits per heavy atom. The molecule has 0 aliphatic rings.